The minimum Gasteiger partial charge on any atom is -0.350 e. The van der Waals surface area contributed by atoms with E-state index in [9.17, 15) is 4.39 Å². The molecule has 0 aliphatic heterocycles. The normalized spacial score (nSPS) is 12.3. The quantitative estimate of drug-likeness (QED) is 0.869. The van der Waals surface area contributed by atoms with Gasteiger partial charge >= 0.3 is 0 Å². The van der Waals surface area contributed by atoms with Gasteiger partial charge in [-0.25, -0.2) is 4.39 Å². The molecule has 2 N–H and O–H groups in total. The Balaban J connectivity index is 2.63. The minimum atomic E-state index is -0.193. The Kier molecular flexibility index (Phi) is 2.96. The molecule has 0 amide bonds. The third-order valence-electron chi connectivity index (χ3n) is 3.45. The maximum Gasteiger partial charge on any atom is 0.125 e. The van der Waals surface area contributed by atoms with E-state index in [2.05, 4.69) is 20.0 Å². The second-order valence-electron chi connectivity index (χ2n) is 5.24. The third kappa shape index (κ3) is 2.07. The van der Waals surface area contributed by atoms with Gasteiger partial charge in [-0.1, -0.05) is 13.8 Å². The summed E-state index contributed by atoms with van der Waals surface area (Å²) in [5.74, 6) is -0.193. The van der Waals surface area contributed by atoms with E-state index in [1.54, 1.807) is 6.07 Å². The van der Waals surface area contributed by atoms with E-state index in [0.717, 1.165) is 17.3 Å². The van der Waals surface area contributed by atoms with Gasteiger partial charge in [-0.15, -0.1) is 0 Å². The van der Waals surface area contributed by atoms with Crippen molar-refractivity contribution in [3.8, 4) is 0 Å². The molecule has 0 bridgehead atoms. The molecule has 2 aromatic rings. The van der Waals surface area contributed by atoms with Gasteiger partial charge in [0.15, 0.2) is 0 Å². The molecule has 2 rings (SSSR count). The van der Waals surface area contributed by atoms with Gasteiger partial charge in [-0.2, -0.15) is 0 Å². The summed E-state index contributed by atoms with van der Waals surface area (Å²) in [6.45, 7) is 5.01. The summed E-state index contributed by atoms with van der Waals surface area (Å²) >= 11 is 0. The average Bonchev–Trinajstić information content (AvgIpc) is 2.57. The zero-order chi connectivity index (χ0) is 12.6. The number of halogens is 1. The molecule has 0 aliphatic carbocycles. The van der Waals surface area contributed by atoms with Crippen LogP contribution in [0.1, 0.15) is 25.8 Å². The lowest BCUT2D eigenvalue weighted by Crippen LogP contribution is -2.21. The number of nitrogens with two attached hydrogens (primary N) is 1. The molecule has 3 heteroatoms. The summed E-state index contributed by atoms with van der Waals surface area (Å²) < 4.78 is 15.2. The van der Waals surface area contributed by atoms with Crippen molar-refractivity contribution < 1.29 is 4.39 Å². The highest BCUT2D eigenvalue weighted by molar-refractivity contribution is 5.85. The molecule has 92 valence electrons. The maximum absolute atomic E-state index is 13.2. The Bertz CT molecular complexity index is 540. The van der Waals surface area contributed by atoms with Crippen LogP contribution in [-0.4, -0.2) is 11.1 Å². The van der Waals surface area contributed by atoms with Gasteiger partial charge in [0.2, 0.25) is 0 Å². The second kappa shape index (κ2) is 4.15. The van der Waals surface area contributed by atoms with Crippen molar-refractivity contribution in [2.24, 2.45) is 12.8 Å². The number of benzene rings is 1. The predicted octanol–water partition coefficient (Wildman–Crippen LogP) is 2.94. The Morgan fingerprint density at radius 3 is 2.71 bits per heavy atom. The monoisotopic (exact) mass is 234 g/mol. The number of nitrogens with zero attached hydrogens (tertiary/aromatic N) is 1. The van der Waals surface area contributed by atoms with E-state index in [1.165, 1.54) is 11.6 Å². The molecule has 0 unspecified atom stereocenters. The SMILES string of the molecule is Cn1cc(C(C)(C)CCN)c2ccc(F)cc21. The summed E-state index contributed by atoms with van der Waals surface area (Å²) in [6.07, 6.45) is 3.00. The summed E-state index contributed by atoms with van der Waals surface area (Å²) in [5.41, 5.74) is 7.85. The number of hydrogen-bond donors (Lipinski definition) is 1. The molecule has 0 atom stereocenters. The van der Waals surface area contributed by atoms with Crippen LogP contribution in [-0.2, 0) is 12.5 Å². The number of fused-ring (bicyclic) bond motifs is 1. The van der Waals surface area contributed by atoms with Crippen molar-refractivity contribution in [2.45, 2.75) is 25.7 Å². The molecule has 2 nitrogen and oxygen atoms in total. The molecular weight excluding hydrogens is 215 g/mol. The van der Waals surface area contributed by atoms with Crippen LogP contribution < -0.4 is 5.73 Å². The predicted molar refractivity (Wildman–Crippen MR) is 69.6 cm³/mol. The number of aryl methyl sites for hydroxylation is 1. The fraction of sp³-hybridized carbons (Fsp3) is 0.429. The van der Waals surface area contributed by atoms with Gasteiger partial charge in [0, 0.05) is 18.6 Å². The van der Waals surface area contributed by atoms with Crippen LogP contribution >= 0.6 is 0 Å². The van der Waals surface area contributed by atoms with Crippen LogP contribution in [0.25, 0.3) is 10.9 Å². The van der Waals surface area contributed by atoms with E-state index in [4.69, 9.17) is 5.73 Å². The Labute approximate surface area is 101 Å². The Morgan fingerprint density at radius 2 is 2.06 bits per heavy atom. The molecule has 0 saturated carbocycles. The van der Waals surface area contributed by atoms with E-state index in [1.807, 2.05) is 17.7 Å². The van der Waals surface area contributed by atoms with Gasteiger partial charge in [0.05, 0.1) is 5.52 Å². The molecule has 0 saturated heterocycles. The highest BCUT2D eigenvalue weighted by Crippen LogP contribution is 2.33. The highest BCUT2D eigenvalue weighted by Gasteiger charge is 2.24. The van der Waals surface area contributed by atoms with Crippen LogP contribution in [0.5, 0.6) is 0 Å². The van der Waals surface area contributed by atoms with E-state index in [-0.39, 0.29) is 11.2 Å². The molecule has 1 aromatic carbocycles. The van der Waals surface area contributed by atoms with Crippen molar-refractivity contribution in [1.82, 2.24) is 4.57 Å². The average molecular weight is 234 g/mol. The highest BCUT2D eigenvalue weighted by atomic mass is 19.1. The van der Waals surface area contributed by atoms with Gasteiger partial charge in [-0.3, -0.25) is 0 Å². The lowest BCUT2D eigenvalue weighted by molar-refractivity contribution is 0.490. The minimum absolute atomic E-state index is 0.0199. The van der Waals surface area contributed by atoms with Crippen molar-refractivity contribution in [2.75, 3.05) is 6.54 Å². The summed E-state index contributed by atoms with van der Waals surface area (Å²) in [4.78, 5) is 0. The zero-order valence-corrected chi connectivity index (χ0v) is 10.6. The topological polar surface area (TPSA) is 30.9 Å². The summed E-state index contributed by atoms with van der Waals surface area (Å²) in [5, 5.41) is 1.12. The van der Waals surface area contributed by atoms with E-state index in [0.29, 0.717) is 6.54 Å². The largest absolute Gasteiger partial charge is 0.350 e. The standard InChI is InChI=1S/C14H19FN2/c1-14(2,6-7-16)12-9-17(3)13-8-10(15)4-5-11(12)13/h4-5,8-9H,6-7,16H2,1-3H3. The Hall–Kier alpha value is -1.35. The number of rotatable bonds is 3. The lowest BCUT2D eigenvalue weighted by atomic mass is 9.81. The first-order chi connectivity index (χ1) is 7.95. The van der Waals surface area contributed by atoms with Crippen LogP contribution in [0.2, 0.25) is 0 Å². The van der Waals surface area contributed by atoms with Crippen molar-refractivity contribution >= 4 is 10.9 Å². The molecule has 0 radical (unpaired) electrons. The van der Waals surface area contributed by atoms with Gasteiger partial charge < -0.3 is 10.3 Å². The first kappa shape index (κ1) is 12.1. The Morgan fingerprint density at radius 1 is 1.35 bits per heavy atom. The molecule has 0 aliphatic rings. The fourth-order valence-electron chi connectivity index (χ4n) is 2.39. The summed E-state index contributed by atoms with van der Waals surface area (Å²) in [6, 6.07) is 4.96. The first-order valence-electron chi connectivity index (χ1n) is 5.91. The van der Waals surface area contributed by atoms with E-state index < -0.39 is 0 Å². The smallest absolute Gasteiger partial charge is 0.125 e. The summed E-state index contributed by atoms with van der Waals surface area (Å²) in [7, 11) is 1.95. The second-order valence-corrected chi connectivity index (χ2v) is 5.24. The van der Waals surface area contributed by atoms with Crippen molar-refractivity contribution in [3.63, 3.8) is 0 Å². The van der Waals surface area contributed by atoms with Crippen LogP contribution in [0.4, 0.5) is 4.39 Å². The van der Waals surface area contributed by atoms with Crippen LogP contribution in [0, 0.1) is 5.82 Å². The van der Waals surface area contributed by atoms with Gasteiger partial charge in [-0.05, 0) is 42.1 Å². The maximum atomic E-state index is 13.2. The molecule has 1 heterocycles. The first-order valence-corrected chi connectivity index (χ1v) is 5.91. The number of hydrogen-bond acceptors (Lipinski definition) is 1. The van der Waals surface area contributed by atoms with Crippen molar-refractivity contribution in [3.05, 3.63) is 35.8 Å². The molecule has 0 fully saturated rings. The third-order valence-corrected chi connectivity index (χ3v) is 3.45. The van der Waals surface area contributed by atoms with Gasteiger partial charge in [0.25, 0.3) is 0 Å². The van der Waals surface area contributed by atoms with Gasteiger partial charge in [0.1, 0.15) is 5.82 Å². The lowest BCUT2D eigenvalue weighted by Gasteiger charge is -2.23. The molecule has 1 aromatic heterocycles. The van der Waals surface area contributed by atoms with Crippen LogP contribution in [0.3, 0.4) is 0 Å². The fourth-order valence-corrected chi connectivity index (χ4v) is 2.39. The van der Waals surface area contributed by atoms with Crippen LogP contribution in [0.15, 0.2) is 24.4 Å². The number of aromatic nitrogens is 1. The zero-order valence-electron chi connectivity index (χ0n) is 10.6. The van der Waals surface area contributed by atoms with E-state index >= 15 is 0 Å². The molecular formula is C14H19FN2. The van der Waals surface area contributed by atoms with Crippen molar-refractivity contribution in [1.29, 1.82) is 0 Å². The molecule has 0 spiro atoms. The molecule has 17 heavy (non-hydrogen) atoms.